The van der Waals surface area contributed by atoms with Gasteiger partial charge in [0.15, 0.2) is 5.78 Å². The lowest BCUT2D eigenvalue weighted by Crippen LogP contribution is -2.02. The van der Waals surface area contributed by atoms with E-state index in [1.165, 1.54) is 12.1 Å². The topological polar surface area (TPSA) is 17.1 Å². The average molecular weight is 263 g/mol. The Morgan fingerprint density at radius 2 is 1.78 bits per heavy atom. The van der Waals surface area contributed by atoms with Crippen LogP contribution < -0.4 is 0 Å². The molecule has 0 unspecified atom stereocenters. The van der Waals surface area contributed by atoms with Gasteiger partial charge in [-0.3, -0.25) is 4.79 Å². The maximum absolute atomic E-state index is 13.3. The molecule has 0 N–H and O–H groups in total. The quantitative estimate of drug-likeness (QED) is 0.737. The molecule has 2 rings (SSSR count). The van der Waals surface area contributed by atoms with Crippen LogP contribution in [0.25, 0.3) is 0 Å². The molecule has 3 heteroatoms. The van der Waals surface area contributed by atoms with Gasteiger partial charge in [0.25, 0.3) is 0 Å². The van der Waals surface area contributed by atoms with Gasteiger partial charge in [-0.1, -0.05) is 11.6 Å². The van der Waals surface area contributed by atoms with E-state index in [2.05, 4.69) is 0 Å². The largest absolute Gasteiger partial charge is 0.289 e. The molecule has 0 radical (unpaired) electrons. The van der Waals surface area contributed by atoms with Gasteiger partial charge in [0, 0.05) is 16.1 Å². The summed E-state index contributed by atoms with van der Waals surface area (Å²) in [5.41, 5.74) is 2.43. The Morgan fingerprint density at radius 1 is 1.06 bits per heavy atom. The van der Waals surface area contributed by atoms with Gasteiger partial charge < -0.3 is 0 Å². The third kappa shape index (κ3) is 2.59. The predicted octanol–water partition coefficient (Wildman–Crippen LogP) is 4.33. The van der Waals surface area contributed by atoms with E-state index in [0.717, 1.165) is 11.1 Å². The highest BCUT2D eigenvalue weighted by molar-refractivity contribution is 6.31. The second-order valence-electron chi connectivity index (χ2n) is 4.31. The first-order valence-electron chi connectivity index (χ1n) is 5.55. The second-order valence-corrected chi connectivity index (χ2v) is 4.72. The summed E-state index contributed by atoms with van der Waals surface area (Å²) in [6.07, 6.45) is 0. The van der Waals surface area contributed by atoms with E-state index in [1.807, 2.05) is 6.92 Å². The van der Waals surface area contributed by atoms with Crippen LogP contribution in [-0.4, -0.2) is 5.78 Å². The van der Waals surface area contributed by atoms with Crippen LogP contribution in [0.5, 0.6) is 0 Å². The Kier molecular flexibility index (Phi) is 3.48. The predicted molar refractivity (Wildman–Crippen MR) is 70.8 cm³/mol. The van der Waals surface area contributed by atoms with E-state index in [-0.39, 0.29) is 5.78 Å². The Hall–Kier alpha value is -1.67. The zero-order valence-electron chi connectivity index (χ0n) is 10.1. The van der Waals surface area contributed by atoms with Crippen molar-refractivity contribution < 1.29 is 9.18 Å². The first-order chi connectivity index (χ1) is 8.47. The lowest BCUT2D eigenvalue weighted by molar-refractivity contribution is 0.103. The number of ketones is 1. The highest BCUT2D eigenvalue weighted by atomic mass is 35.5. The second kappa shape index (κ2) is 4.91. The van der Waals surface area contributed by atoms with Crippen LogP contribution in [0.15, 0.2) is 36.4 Å². The van der Waals surface area contributed by atoms with Crippen LogP contribution in [-0.2, 0) is 0 Å². The summed E-state index contributed by atoms with van der Waals surface area (Å²) >= 11 is 5.91. The van der Waals surface area contributed by atoms with Crippen molar-refractivity contribution in [2.75, 3.05) is 0 Å². The number of rotatable bonds is 2. The molecule has 92 valence electrons. The molecule has 0 aliphatic rings. The fourth-order valence-corrected chi connectivity index (χ4v) is 1.94. The number of carbonyl (C=O) groups is 1. The molecule has 0 bridgehead atoms. The van der Waals surface area contributed by atoms with Crippen LogP contribution >= 0.6 is 11.6 Å². The first-order valence-corrected chi connectivity index (χ1v) is 5.93. The molecule has 0 spiro atoms. The van der Waals surface area contributed by atoms with Crippen molar-refractivity contribution in [3.63, 3.8) is 0 Å². The van der Waals surface area contributed by atoms with E-state index in [1.54, 1.807) is 31.2 Å². The molecule has 0 amide bonds. The molecule has 2 aromatic rings. The standard InChI is InChI=1S/C15H12ClFO/c1-9-5-12(8-13(17)6-9)15(18)11-3-4-14(16)10(2)7-11/h3-8H,1-2H3. The lowest BCUT2D eigenvalue weighted by atomic mass is 10.00. The number of aryl methyl sites for hydroxylation is 2. The summed E-state index contributed by atoms with van der Waals surface area (Å²) in [4.78, 5) is 12.2. The third-order valence-corrected chi connectivity index (χ3v) is 3.15. The summed E-state index contributed by atoms with van der Waals surface area (Å²) < 4.78 is 13.3. The van der Waals surface area contributed by atoms with Crippen molar-refractivity contribution in [3.05, 3.63) is 69.5 Å². The average Bonchev–Trinajstić information content (AvgIpc) is 2.30. The van der Waals surface area contributed by atoms with E-state index in [9.17, 15) is 9.18 Å². The van der Waals surface area contributed by atoms with Crippen molar-refractivity contribution in [1.82, 2.24) is 0 Å². The molecular weight excluding hydrogens is 251 g/mol. The molecule has 0 aromatic heterocycles. The SMILES string of the molecule is Cc1cc(F)cc(C(=O)c2ccc(Cl)c(C)c2)c1. The molecule has 0 aliphatic heterocycles. The number of hydrogen-bond acceptors (Lipinski definition) is 1. The van der Waals surface area contributed by atoms with Gasteiger partial charge in [0.1, 0.15) is 5.82 Å². The Balaban J connectivity index is 2.44. The lowest BCUT2D eigenvalue weighted by Gasteiger charge is -2.05. The minimum atomic E-state index is -0.399. The monoisotopic (exact) mass is 262 g/mol. The fourth-order valence-electron chi connectivity index (χ4n) is 1.82. The molecule has 0 fully saturated rings. The highest BCUT2D eigenvalue weighted by Gasteiger charge is 2.11. The molecule has 0 atom stereocenters. The van der Waals surface area contributed by atoms with Gasteiger partial charge in [-0.2, -0.15) is 0 Å². The third-order valence-electron chi connectivity index (χ3n) is 2.72. The first kappa shape index (κ1) is 12.8. The Bertz CT molecular complexity index is 600. The van der Waals surface area contributed by atoms with E-state index in [4.69, 9.17) is 11.6 Å². The summed E-state index contributed by atoms with van der Waals surface area (Å²) in [6, 6.07) is 9.36. The number of halogens is 2. The van der Waals surface area contributed by atoms with Gasteiger partial charge in [0.05, 0.1) is 0 Å². The maximum Gasteiger partial charge on any atom is 0.193 e. The Morgan fingerprint density at radius 3 is 2.39 bits per heavy atom. The minimum Gasteiger partial charge on any atom is -0.289 e. The van der Waals surface area contributed by atoms with Crippen LogP contribution in [0.4, 0.5) is 4.39 Å². The highest BCUT2D eigenvalue weighted by Crippen LogP contribution is 2.19. The number of benzene rings is 2. The van der Waals surface area contributed by atoms with Gasteiger partial charge in [-0.15, -0.1) is 0 Å². The minimum absolute atomic E-state index is 0.197. The van der Waals surface area contributed by atoms with Crippen LogP contribution in [0.2, 0.25) is 5.02 Å². The number of hydrogen-bond donors (Lipinski definition) is 0. The molecular formula is C15H12ClFO. The number of carbonyl (C=O) groups excluding carboxylic acids is 1. The molecule has 1 nitrogen and oxygen atoms in total. The smallest absolute Gasteiger partial charge is 0.193 e. The van der Waals surface area contributed by atoms with Crippen LogP contribution in [0.3, 0.4) is 0 Å². The van der Waals surface area contributed by atoms with Crippen LogP contribution in [0, 0.1) is 19.7 Å². The zero-order valence-corrected chi connectivity index (χ0v) is 10.9. The normalized spacial score (nSPS) is 10.4. The molecule has 18 heavy (non-hydrogen) atoms. The summed E-state index contributed by atoms with van der Waals surface area (Å²) in [7, 11) is 0. The van der Waals surface area contributed by atoms with Gasteiger partial charge >= 0.3 is 0 Å². The van der Waals surface area contributed by atoms with Crippen molar-refractivity contribution in [2.45, 2.75) is 13.8 Å². The summed E-state index contributed by atoms with van der Waals surface area (Å²) in [6.45, 7) is 3.59. The zero-order chi connectivity index (χ0) is 13.3. The van der Waals surface area contributed by atoms with Crippen molar-refractivity contribution >= 4 is 17.4 Å². The molecule has 0 heterocycles. The molecule has 0 saturated carbocycles. The summed E-state index contributed by atoms with van der Waals surface area (Å²) in [5.74, 6) is -0.596. The maximum atomic E-state index is 13.3. The van der Waals surface area contributed by atoms with Gasteiger partial charge in [0.2, 0.25) is 0 Å². The Labute approximate surface area is 110 Å². The molecule has 0 saturated heterocycles. The van der Waals surface area contributed by atoms with Gasteiger partial charge in [-0.25, -0.2) is 4.39 Å². The van der Waals surface area contributed by atoms with E-state index in [0.29, 0.717) is 16.1 Å². The van der Waals surface area contributed by atoms with E-state index < -0.39 is 5.82 Å². The van der Waals surface area contributed by atoms with Crippen molar-refractivity contribution in [3.8, 4) is 0 Å². The van der Waals surface area contributed by atoms with Crippen molar-refractivity contribution in [2.24, 2.45) is 0 Å². The fraction of sp³-hybridized carbons (Fsp3) is 0.133. The van der Waals surface area contributed by atoms with Gasteiger partial charge in [-0.05, 0) is 61.4 Å². The molecule has 2 aromatic carbocycles. The summed E-state index contributed by atoms with van der Waals surface area (Å²) in [5, 5.41) is 0.613. The van der Waals surface area contributed by atoms with Crippen LogP contribution in [0.1, 0.15) is 27.0 Å². The van der Waals surface area contributed by atoms with E-state index >= 15 is 0 Å². The molecule has 0 aliphatic carbocycles. The van der Waals surface area contributed by atoms with Crippen molar-refractivity contribution in [1.29, 1.82) is 0 Å².